The van der Waals surface area contributed by atoms with Gasteiger partial charge in [0.25, 0.3) is 0 Å². The number of hydrogen-bond acceptors (Lipinski definition) is 3. The van der Waals surface area contributed by atoms with Crippen molar-refractivity contribution in [3.63, 3.8) is 0 Å². The van der Waals surface area contributed by atoms with Crippen LogP contribution >= 0.6 is 15.9 Å². The molecule has 98 valence electrons. The van der Waals surface area contributed by atoms with E-state index in [4.69, 9.17) is 4.74 Å². The molecule has 1 aliphatic heterocycles. The highest BCUT2D eigenvalue weighted by Crippen LogP contribution is 2.23. The number of ether oxygens (including phenoxy) is 1. The molecule has 2 rings (SSSR count). The van der Waals surface area contributed by atoms with Crippen LogP contribution in [0.15, 0.2) is 22.7 Å². The summed E-state index contributed by atoms with van der Waals surface area (Å²) in [4.78, 5) is 13.7. The molecule has 0 amide bonds. The first-order valence-corrected chi connectivity index (χ1v) is 6.67. The highest BCUT2D eigenvalue weighted by Gasteiger charge is 2.31. The van der Waals surface area contributed by atoms with Crippen LogP contribution in [0, 0.1) is 5.82 Å². The van der Waals surface area contributed by atoms with E-state index in [1.165, 1.54) is 13.2 Å². The third kappa shape index (κ3) is 2.90. The van der Waals surface area contributed by atoms with Gasteiger partial charge in [-0.1, -0.05) is 6.07 Å². The summed E-state index contributed by atoms with van der Waals surface area (Å²) in [5.74, 6) is -0.460. The van der Waals surface area contributed by atoms with Crippen molar-refractivity contribution in [3.8, 4) is 0 Å². The highest BCUT2D eigenvalue weighted by atomic mass is 79.9. The van der Waals surface area contributed by atoms with E-state index in [2.05, 4.69) is 20.8 Å². The number of hydrogen-bond donors (Lipinski definition) is 0. The molecule has 1 atom stereocenters. The Morgan fingerprint density at radius 3 is 3.06 bits per heavy atom. The van der Waals surface area contributed by atoms with Gasteiger partial charge in [0.1, 0.15) is 11.9 Å². The van der Waals surface area contributed by atoms with Crippen molar-refractivity contribution >= 4 is 21.9 Å². The zero-order chi connectivity index (χ0) is 13.1. The summed E-state index contributed by atoms with van der Waals surface area (Å²) < 4.78 is 18.4. The van der Waals surface area contributed by atoms with Crippen LogP contribution in [0.5, 0.6) is 0 Å². The molecule has 5 heteroatoms. The third-order valence-electron chi connectivity index (χ3n) is 3.21. The number of esters is 1. The van der Waals surface area contributed by atoms with Crippen LogP contribution in [0.2, 0.25) is 0 Å². The Labute approximate surface area is 114 Å². The molecule has 1 aromatic rings. The molecule has 0 spiro atoms. The average molecular weight is 316 g/mol. The van der Waals surface area contributed by atoms with Gasteiger partial charge in [-0.3, -0.25) is 9.69 Å². The van der Waals surface area contributed by atoms with Crippen molar-refractivity contribution < 1.29 is 13.9 Å². The van der Waals surface area contributed by atoms with E-state index in [0.29, 0.717) is 11.0 Å². The zero-order valence-electron chi connectivity index (χ0n) is 10.2. The number of likely N-dealkylation sites (tertiary alicyclic amines) is 1. The van der Waals surface area contributed by atoms with Gasteiger partial charge in [-0.2, -0.15) is 0 Å². The minimum atomic E-state index is -0.273. The molecule has 1 aromatic carbocycles. The summed E-state index contributed by atoms with van der Waals surface area (Å²) in [5, 5.41) is 0. The van der Waals surface area contributed by atoms with Crippen molar-refractivity contribution in [2.24, 2.45) is 0 Å². The lowest BCUT2D eigenvalue weighted by Crippen LogP contribution is -2.36. The Balaban J connectivity index is 2.08. The van der Waals surface area contributed by atoms with E-state index >= 15 is 0 Å². The van der Waals surface area contributed by atoms with Crippen LogP contribution in [0.3, 0.4) is 0 Å². The maximum absolute atomic E-state index is 13.1. The molecule has 0 N–H and O–H groups in total. The molecule has 18 heavy (non-hydrogen) atoms. The van der Waals surface area contributed by atoms with Crippen LogP contribution in [0.1, 0.15) is 18.4 Å². The Morgan fingerprint density at radius 2 is 2.39 bits per heavy atom. The van der Waals surface area contributed by atoms with Crippen LogP contribution in [-0.4, -0.2) is 30.6 Å². The summed E-state index contributed by atoms with van der Waals surface area (Å²) in [6.07, 6.45) is 1.82. The standard InChI is InChI=1S/C13H15BrFNO2/c1-18-13(17)12-3-2-6-16(12)8-9-4-5-11(15)10(14)7-9/h4-5,7,12H,2-3,6,8H2,1H3. The van der Waals surface area contributed by atoms with Gasteiger partial charge in [0.15, 0.2) is 0 Å². The molecule has 0 aromatic heterocycles. The van der Waals surface area contributed by atoms with Crippen molar-refractivity contribution in [2.75, 3.05) is 13.7 Å². The van der Waals surface area contributed by atoms with Crippen LogP contribution in [0.25, 0.3) is 0 Å². The van der Waals surface area contributed by atoms with E-state index < -0.39 is 0 Å². The number of methoxy groups -OCH3 is 1. The van der Waals surface area contributed by atoms with Crippen molar-refractivity contribution in [1.29, 1.82) is 0 Å². The first kappa shape index (κ1) is 13.5. The second kappa shape index (κ2) is 5.80. The molecule has 1 heterocycles. The van der Waals surface area contributed by atoms with Crippen molar-refractivity contribution in [2.45, 2.75) is 25.4 Å². The second-order valence-corrected chi connectivity index (χ2v) is 5.25. The minimum Gasteiger partial charge on any atom is -0.468 e. The van der Waals surface area contributed by atoms with Gasteiger partial charge < -0.3 is 4.74 Å². The zero-order valence-corrected chi connectivity index (χ0v) is 11.7. The van der Waals surface area contributed by atoms with Crippen LogP contribution in [-0.2, 0) is 16.1 Å². The van der Waals surface area contributed by atoms with Gasteiger partial charge >= 0.3 is 5.97 Å². The van der Waals surface area contributed by atoms with Gasteiger partial charge in [-0.25, -0.2) is 4.39 Å². The first-order valence-electron chi connectivity index (χ1n) is 5.87. The highest BCUT2D eigenvalue weighted by molar-refractivity contribution is 9.10. The Kier molecular flexibility index (Phi) is 4.35. The molecular weight excluding hydrogens is 301 g/mol. The molecule has 1 fully saturated rings. The van der Waals surface area contributed by atoms with Gasteiger partial charge in [-0.05, 0) is 53.0 Å². The van der Waals surface area contributed by atoms with E-state index in [-0.39, 0.29) is 17.8 Å². The molecule has 3 nitrogen and oxygen atoms in total. The molecule has 0 aliphatic carbocycles. The number of rotatable bonds is 3. The fourth-order valence-corrected chi connectivity index (χ4v) is 2.72. The molecule has 0 radical (unpaired) electrons. The predicted molar refractivity (Wildman–Crippen MR) is 69.5 cm³/mol. The second-order valence-electron chi connectivity index (χ2n) is 4.40. The smallest absolute Gasteiger partial charge is 0.323 e. The lowest BCUT2D eigenvalue weighted by atomic mass is 10.2. The van der Waals surface area contributed by atoms with Gasteiger partial charge in [-0.15, -0.1) is 0 Å². The van der Waals surface area contributed by atoms with E-state index in [1.54, 1.807) is 12.1 Å². The minimum absolute atomic E-state index is 0.168. The number of nitrogens with zero attached hydrogens (tertiary/aromatic N) is 1. The quantitative estimate of drug-likeness (QED) is 0.803. The third-order valence-corrected chi connectivity index (χ3v) is 3.81. The Bertz CT molecular complexity index is 453. The monoisotopic (exact) mass is 315 g/mol. The van der Waals surface area contributed by atoms with Gasteiger partial charge in [0.2, 0.25) is 0 Å². The maximum atomic E-state index is 13.1. The maximum Gasteiger partial charge on any atom is 0.323 e. The van der Waals surface area contributed by atoms with Crippen molar-refractivity contribution in [1.82, 2.24) is 4.90 Å². The largest absolute Gasteiger partial charge is 0.468 e. The summed E-state index contributed by atoms with van der Waals surface area (Å²) in [6, 6.07) is 4.76. The summed E-state index contributed by atoms with van der Waals surface area (Å²) >= 11 is 3.17. The van der Waals surface area contributed by atoms with Gasteiger partial charge in [0, 0.05) is 6.54 Å². The van der Waals surface area contributed by atoms with Crippen LogP contribution < -0.4 is 0 Å². The SMILES string of the molecule is COC(=O)C1CCCN1Cc1ccc(F)c(Br)c1. The fraction of sp³-hybridized carbons (Fsp3) is 0.462. The summed E-state index contributed by atoms with van der Waals surface area (Å²) in [5.41, 5.74) is 0.985. The van der Waals surface area contributed by atoms with Crippen molar-refractivity contribution in [3.05, 3.63) is 34.1 Å². The molecule has 0 bridgehead atoms. The fourth-order valence-electron chi connectivity index (χ4n) is 2.29. The Morgan fingerprint density at radius 1 is 1.61 bits per heavy atom. The van der Waals surface area contributed by atoms with E-state index in [0.717, 1.165) is 24.9 Å². The molecule has 1 aliphatic rings. The molecule has 0 saturated carbocycles. The van der Waals surface area contributed by atoms with E-state index in [1.807, 2.05) is 0 Å². The lowest BCUT2D eigenvalue weighted by Gasteiger charge is -2.22. The first-order chi connectivity index (χ1) is 8.61. The predicted octanol–water partition coefficient (Wildman–Crippen LogP) is 2.73. The Hall–Kier alpha value is -0.940. The number of carbonyl (C=O) groups excluding carboxylic acids is 1. The van der Waals surface area contributed by atoms with E-state index in [9.17, 15) is 9.18 Å². The molecule has 1 unspecified atom stereocenters. The van der Waals surface area contributed by atoms with Crippen LogP contribution in [0.4, 0.5) is 4.39 Å². The number of halogens is 2. The number of carbonyl (C=O) groups is 1. The summed E-state index contributed by atoms with van der Waals surface area (Å²) in [7, 11) is 1.41. The summed E-state index contributed by atoms with van der Waals surface area (Å²) in [6.45, 7) is 1.51. The lowest BCUT2D eigenvalue weighted by molar-refractivity contribution is -0.146. The topological polar surface area (TPSA) is 29.5 Å². The number of benzene rings is 1. The average Bonchev–Trinajstić information content (AvgIpc) is 2.81. The molecular formula is C13H15BrFNO2. The van der Waals surface area contributed by atoms with Gasteiger partial charge in [0.05, 0.1) is 11.6 Å². The normalized spacial score (nSPS) is 20.1. The molecule has 1 saturated heterocycles.